The van der Waals surface area contributed by atoms with Gasteiger partial charge in [-0.25, -0.2) is 0 Å². The molecular weight excluding hydrogens is 2010 g/mol. The van der Waals surface area contributed by atoms with Gasteiger partial charge in [0.05, 0.1) is 78.8 Å². The van der Waals surface area contributed by atoms with Crippen molar-refractivity contribution >= 4 is 29.5 Å². The molecule has 37 N–H and O–H groups in total. The molecule has 5 amide bonds. The van der Waals surface area contributed by atoms with E-state index in [9.17, 15) is 187 Å². The predicted molar refractivity (Wildman–Crippen MR) is 452 cm³/mol. The highest BCUT2D eigenvalue weighted by Gasteiger charge is 2.64. The van der Waals surface area contributed by atoms with Gasteiger partial charge < -0.3 is 299 Å². The van der Waals surface area contributed by atoms with Gasteiger partial charge in [-0.3, -0.25) is 24.0 Å². The van der Waals surface area contributed by atoms with E-state index in [0.29, 0.717) is 0 Å². The summed E-state index contributed by atoms with van der Waals surface area (Å²) < 4.78 is 138. The lowest BCUT2D eigenvalue weighted by atomic mass is 9.93. The summed E-state index contributed by atoms with van der Waals surface area (Å²) in [7, 11) is 0. The van der Waals surface area contributed by atoms with Crippen LogP contribution in [0.25, 0.3) is 0 Å². The van der Waals surface area contributed by atoms with Gasteiger partial charge in [-0.15, -0.1) is 0 Å². The average molecular weight is 2150 g/mol. The molecule has 850 valence electrons. The first-order valence-electron chi connectivity index (χ1n) is 47.0. The van der Waals surface area contributed by atoms with Crippen molar-refractivity contribution in [3.8, 4) is 0 Å². The minimum atomic E-state index is -2.77. The summed E-state index contributed by atoms with van der Waals surface area (Å²) in [4.78, 5) is 65.6. The molecule has 0 radical (unpaired) electrons. The van der Waals surface area contributed by atoms with Gasteiger partial charge in [0.2, 0.25) is 29.5 Å². The Morgan fingerprint density at radius 3 is 0.769 bits per heavy atom. The molecule has 12 saturated heterocycles. The number of hydrogen-bond donors (Lipinski definition) is 37. The van der Waals surface area contributed by atoms with Crippen molar-refractivity contribution in [2.24, 2.45) is 0 Å². The largest absolute Gasteiger partial charge is 0.394 e. The Labute approximate surface area is 832 Å². The van der Waals surface area contributed by atoms with E-state index >= 15 is 0 Å². The Hall–Kier alpha value is -4.85. The summed E-state index contributed by atoms with van der Waals surface area (Å²) in [5.41, 5.74) is 0. The Morgan fingerprint density at radius 2 is 0.415 bits per heavy atom. The third-order valence-electron chi connectivity index (χ3n) is 27.0. The molecule has 0 aromatic rings. The smallest absolute Gasteiger partial charge is 0.217 e. The number of ether oxygens (including phenoxy) is 23. The summed E-state index contributed by atoms with van der Waals surface area (Å²) in [5.74, 6) is -4.93. The zero-order chi connectivity index (χ0) is 108. The average Bonchev–Trinajstić information content (AvgIpc) is 0.750. The number of nitrogens with one attached hydrogen (secondary N) is 5. The molecular formula is C82H137N5O60. The number of carbonyl (C=O) groups excluding carboxylic acids is 5. The van der Waals surface area contributed by atoms with E-state index < -0.39 is 470 Å². The lowest BCUT2D eigenvalue weighted by Gasteiger charge is -2.52. The molecule has 60 atom stereocenters. The second-order valence-electron chi connectivity index (χ2n) is 37.4. The Morgan fingerprint density at radius 1 is 0.190 bits per heavy atom. The van der Waals surface area contributed by atoms with E-state index in [-0.39, 0.29) is 0 Å². The molecule has 12 aliphatic rings. The van der Waals surface area contributed by atoms with Gasteiger partial charge in [0.25, 0.3) is 0 Å². The highest BCUT2D eigenvalue weighted by atomic mass is 16.8. The topological polar surface area (TPSA) is 1010 Å². The highest BCUT2D eigenvalue weighted by molar-refractivity contribution is 5.75. The lowest BCUT2D eigenvalue weighted by Crippen LogP contribution is -2.71. The molecule has 65 heteroatoms. The van der Waals surface area contributed by atoms with Crippen molar-refractivity contribution in [1.29, 1.82) is 0 Å². The highest BCUT2D eigenvalue weighted by Crippen LogP contribution is 2.43. The molecule has 0 bridgehead atoms. The maximum absolute atomic E-state index is 13.5. The first-order valence-corrected chi connectivity index (χ1v) is 47.0. The summed E-state index contributed by atoms with van der Waals surface area (Å²) in [6.45, 7) is -6.76. The first kappa shape index (κ1) is 121. The number of aliphatic hydroxyl groups is 32. The van der Waals surface area contributed by atoms with Crippen molar-refractivity contribution in [3.05, 3.63) is 0 Å². The van der Waals surface area contributed by atoms with Crippen molar-refractivity contribution in [2.75, 3.05) is 72.7 Å². The van der Waals surface area contributed by atoms with Crippen LogP contribution in [0.15, 0.2) is 0 Å². The van der Waals surface area contributed by atoms with Crippen molar-refractivity contribution in [3.63, 3.8) is 0 Å². The van der Waals surface area contributed by atoms with Crippen LogP contribution in [0, 0.1) is 0 Å². The van der Waals surface area contributed by atoms with Gasteiger partial charge in [-0.2, -0.15) is 0 Å². The van der Waals surface area contributed by atoms with Crippen molar-refractivity contribution in [2.45, 2.75) is 410 Å². The SMILES string of the molecule is CC(=O)N[C@@H]1[C@@H](O)[C@H](O[C@@H]2O[C@H](CO)[C@@H](O[C@@H]3O[C@H](CO[C@H]4O[C@H](CO[C@@H]5O[C@H](CO)[C@@H](O[C@@H]6O[C@H](CO)[C@H](O)[C@H](O)[C@H]6O)[C@H](O)[C@H]5NC(C)=O)[C@@H](O)[C@H](O)[C@@H]4O)[C@@H](O)[C@H](O[C@H]4O[C@H](CO)[C@@H](O[C@@H]5O[C@H](CO)[C@@H](O[C@@H]6O[C@H](CO)[C@H](O)[C@H](O)[C@H]6O)[C@H](O)[C@H]5NC(C)=O)[C@H](O)[C@@H]4O[C@@H]4O[C@H](CO)[C@@H](O[C@@H]5O[C@H](CO)[C@H](O)[C@H](O)[C@H]5O)[C@H](O)[C@H]4NC(C)=O)[C@@H]3O)[C@H](O)[C@H]2NC(C)=O)[C@@H](CO[C@H]2O[C@H](C)[C@H](O)[C@H](O)[C@H]2O)O[C@H]1O. The minimum Gasteiger partial charge on any atom is -0.394 e. The van der Waals surface area contributed by atoms with Crippen LogP contribution < -0.4 is 26.6 Å². The molecule has 12 rings (SSSR count). The van der Waals surface area contributed by atoms with Gasteiger partial charge in [0.15, 0.2) is 75.5 Å². The fraction of sp³-hybridized carbons (Fsp3) is 0.939. The van der Waals surface area contributed by atoms with Crippen LogP contribution >= 0.6 is 0 Å². The minimum absolute atomic E-state index is 0.861. The van der Waals surface area contributed by atoms with E-state index in [4.69, 9.17) is 109 Å². The Balaban J connectivity index is 0.898. The van der Waals surface area contributed by atoms with E-state index in [0.717, 1.165) is 34.6 Å². The summed E-state index contributed by atoms with van der Waals surface area (Å²) >= 11 is 0. The maximum Gasteiger partial charge on any atom is 0.217 e. The predicted octanol–water partition coefficient (Wildman–Crippen LogP) is -25.4. The quantitative estimate of drug-likeness (QED) is 0.0273. The van der Waals surface area contributed by atoms with Crippen LogP contribution in [0.2, 0.25) is 0 Å². The van der Waals surface area contributed by atoms with Gasteiger partial charge in [0, 0.05) is 34.6 Å². The fourth-order valence-electron chi connectivity index (χ4n) is 19.1. The van der Waals surface area contributed by atoms with E-state index in [2.05, 4.69) is 26.6 Å². The van der Waals surface area contributed by atoms with Crippen LogP contribution in [0.1, 0.15) is 41.5 Å². The fourth-order valence-corrected chi connectivity index (χ4v) is 19.1. The van der Waals surface area contributed by atoms with Gasteiger partial charge in [-0.1, -0.05) is 0 Å². The summed E-state index contributed by atoms with van der Waals surface area (Å²) in [6.07, 6.45) is -118. The molecule has 12 fully saturated rings. The molecule has 65 nitrogen and oxygen atoms in total. The summed E-state index contributed by atoms with van der Waals surface area (Å²) in [5, 5.41) is 373. The third-order valence-corrected chi connectivity index (χ3v) is 27.0. The number of hydrogen-bond acceptors (Lipinski definition) is 60. The molecule has 0 aliphatic carbocycles. The van der Waals surface area contributed by atoms with Crippen molar-refractivity contribution < 1.29 is 296 Å². The molecule has 0 unspecified atom stereocenters. The van der Waals surface area contributed by atoms with Crippen LogP contribution in [0.3, 0.4) is 0 Å². The van der Waals surface area contributed by atoms with E-state index in [1.54, 1.807) is 0 Å². The van der Waals surface area contributed by atoms with Crippen LogP contribution in [-0.4, -0.2) is 634 Å². The number of amides is 5. The second kappa shape index (κ2) is 52.8. The molecule has 147 heavy (non-hydrogen) atoms. The number of aliphatic hydroxyl groups excluding tert-OH is 32. The molecule has 12 heterocycles. The van der Waals surface area contributed by atoms with Gasteiger partial charge >= 0.3 is 0 Å². The zero-order valence-corrected chi connectivity index (χ0v) is 79.2. The molecule has 0 spiro atoms. The maximum atomic E-state index is 13.5. The van der Waals surface area contributed by atoms with E-state index in [1.165, 1.54) is 6.92 Å². The molecule has 0 saturated carbocycles. The standard InChI is InChI=1S/C82H137N5O60/c1-18-40(101)51(112)56(117)76(128-18)127-17-34-68(46(107)35(71(124)129-34)83-19(2)96)141-74-38(86-22(5)99)49(110)66(30(13-94)135-74)145-81-62(123)69(45(106)33(139-81)16-126-77-57(118)55(116)44(105)32(138-77)15-125-72-36(84-20(3)97)47(108)63(27(10-91)133-72)142-78-58(119)52(113)41(102)24(7-88)130-78)146-82-70(147-75-39(87-23(6)100)50(111)65(29(12-93)136-75)144-80-60(121)54(115)43(104)26(9-90)132-80)61(122)67(31(14-95)137-82)140-73-37(85-21(4)98)48(109)64(28(11-92)134-73)143-79-59(120)53(114)42(103)25(8-89)131-79/h18,24-82,88-95,101-124H,7-17H2,1-6H3,(H,83,96)(H,84,97)(H,85,98)(H,86,99)(H,87,100)/t18-,24-,25-,26-,27-,28-,29-,30-,31-,32-,33-,34-,35-,36-,37-,38-,39-,40+,41+,42+,43+,44-,45-,46-,47-,48-,49-,50-,51+,52+,53+,54+,55+,56-,57+,58-,59-,60-,61+,62+,63-,64-,65-,66-,67-,68-,69+,70+,71-,72-,73+,74+,75+,76+,77+,78+,79+,80+,81+,82-/m1/s1. The van der Waals surface area contributed by atoms with Crippen LogP contribution in [-0.2, 0) is 133 Å². The van der Waals surface area contributed by atoms with Gasteiger partial charge in [0.1, 0.15) is 287 Å². The van der Waals surface area contributed by atoms with Crippen LogP contribution in [0.4, 0.5) is 0 Å². The first-order chi connectivity index (χ1) is 69.5. The number of carbonyl (C=O) groups is 5. The van der Waals surface area contributed by atoms with Crippen LogP contribution in [0.5, 0.6) is 0 Å². The monoisotopic (exact) mass is 2150 g/mol. The molecule has 12 aliphatic heterocycles. The Bertz CT molecular complexity index is 4110. The molecule has 0 aromatic carbocycles. The normalized spacial score (nSPS) is 49.6. The Kier molecular flexibility index (Phi) is 43.4. The van der Waals surface area contributed by atoms with E-state index in [1.807, 2.05) is 0 Å². The summed E-state index contributed by atoms with van der Waals surface area (Å²) in [6, 6.07) is -9.94. The third kappa shape index (κ3) is 27.0. The van der Waals surface area contributed by atoms with Crippen molar-refractivity contribution in [1.82, 2.24) is 26.6 Å². The second-order valence-corrected chi connectivity index (χ2v) is 37.4. The molecule has 0 aromatic heterocycles. The number of rotatable bonds is 38. The van der Waals surface area contributed by atoms with Gasteiger partial charge in [-0.05, 0) is 6.92 Å². The lowest BCUT2D eigenvalue weighted by molar-refractivity contribution is -0.406. The zero-order valence-electron chi connectivity index (χ0n) is 79.2.